The molecule has 2 heteroatoms. The van der Waals surface area contributed by atoms with Gasteiger partial charge in [-0.15, -0.1) is 0 Å². The first-order valence-corrected chi connectivity index (χ1v) is 7.53. The van der Waals surface area contributed by atoms with Gasteiger partial charge in [-0.05, 0) is 29.7 Å². The van der Waals surface area contributed by atoms with Gasteiger partial charge in [0.05, 0.1) is 5.39 Å². The quantitative estimate of drug-likeness (QED) is 0.618. The lowest BCUT2D eigenvalue weighted by Crippen LogP contribution is -2.32. The number of rotatable bonds is 1. The van der Waals surface area contributed by atoms with E-state index in [4.69, 9.17) is 0 Å². The maximum atomic E-state index is 4.38. The highest BCUT2D eigenvalue weighted by Gasteiger charge is 2.41. The van der Waals surface area contributed by atoms with Crippen LogP contribution in [0.15, 0.2) is 48.9 Å². The Hall–Kier alpha value is -2.22. The number of aromatic nitrogens is 2. The van der Waals surface area contributed by atoms with E-state index in [0.29, 0.717) is 0 Å². The van der Waals surface area contributed by atoms with E-state index in [1.54, 1.807) is 0 Å². The van der Waals surface area contributed by atoms with Crippen LogP contribution in [-0.4, -0.2) is 4.98 Å². The van der Waals surface area contributed by atoms with E-state index in [0.717, 1.165) is 6.42 Å². The zero-order valence-corrected chi connectivity index (χ0v) is 12.7. The molecule has 3 aromatic rings. The number of hydrogen-bond acceptors (Lipinski definition) is 1. The molecule has 21 heavy (non-hydrogen) atoms. The second kappa shape index (κ2) is 4.14. The third kappa shape index (κ3) is 1.48. The summed E-state index contributed by atoms with van der Waals surface area (Å²) in [5.41, 5.74) is 6.86. The van der Waals surface area contributed by atoms with Gasteiger partial charge >= 0.3 is 0 Å². The maximum absolute atomic E-state index is 4.38. The van der Waals surface area contributed by atoms with Crippen LogP contribution < -0.4 is 4.57 Å². The van der Waals surface area contributed by atoms with Gasteiger partial charge in [-0.1, -0.05) is 26.0 Å². The number of pyridine rings is 2. The Balaban J connectivity index is 2.23. The summed E-state index contributed by atoms with van der Waals surface area (Å²) in [6, 6.07) is 10.8. The molecule has 0 bridgehead atoms. The van der Waals surface area contributed by atoms with E-state index in [1.807, 2.05) is 12.4 Å². The monoisotopic (exact) mass is 275 g/mol. The summed E-state index contributed by atoms with van der Waals surface area (Å²) in [7, 11) is 2.14. The van der Waals surface area contributed by atoms with E-state index in [2.05, 4.69) is 67.0 Å². The fourth-order valence-electron chi connectivity index (χ4n) is 3.75. The number of benzene rings is 1. The molecule has 0 aliphatic heterocycles. The van der Waals surface area contributed by atoms with Crippen molar-refractivity contribution in [1.29, 1.82) is 0 Å². The fourth-order valence-corrected chi connectivity index (χ4v) is 3.75. The van der Waals surface area contributed by atoms with Crippen LogP contribution in [0.25, 0.3) is 22.0 Å². The molecule has 2 aromatic heterocycles. The van der Waals surface area contributed by atoms with Crippen LogP contribution in [0.5, 0.6) is 0 Å². The Kier molecular flexibility index (Phi) is 2.47. The Bertz CT molecular complexity index is 867. The lowest BCUT2D eigenvalue weighted by atomic mass is 9.79. The predicted octanol–water partition coefficient (Wildman–Crippen LogP) is 3.76. The average molecular weight is 275 g/mol. The number of hydrogen-bond donors (Lipinski definition) is 0. The van der Waals surface area contributed by atoms with Crippen molar-refractivity contribution >= 4 is 10.9 Å². The average Bonchev–Trinajstić information content (AvgIpc) is 2.78. The number of para-hydroxylation sites is 1. The smallest absolute Gasteiger partial charge is 0.212 e. The molecule has 1 unspecified atom stereocenters. The van der Waals surface area contributed by atoms with Gasteiger partial charge in [-0.25, -0.2) is 4.57 Å². The molecule has 0 saturated heterocycles. The molecule has 1 aromatic carbocycles. The Morgan fingerprint density at radius 3 is 2.76 bits per heavy atom. The topological polar surface area (TPSA) is 16.8 Å². The minimum Gasteiger partial charge on any atom is -0.264 e. The summed E-state index contributed by atoms with van der Waals surface area (Å²) in [6.07, 6.45) is 7.34. The van der Waals surface area contributed by atoms with Crippen molar-refractivity contribution in [2.24, 2.45) is 7.05 Å². The van der Waals surface area contributed by atoms with Crippen molar-refractivity contribution in [1.82, 2.24) is 4.98 Å². The SMILES string of the molecule is CCC1(C)c2cnccc2-c2c1c[n+](C)c1ccccc21. The molecule has 2 heterocycles. The third-order valence-corrected chi connectivity index (χ3v) is 5.13. The van der Waals surface area contributed by atoms with Gasteiger partial charge in [-0.2, -0.15) is 0 Å². The van der Waals surface area contributed by atoms with Crippen LogP contribution in [0.1, 0.15) is 31.4 Å². The second-order valence-electron chi connectivity index (χ2n) is 6.15. The normalized spacial score (nSPS) is 19.6. The van der Waals surface area contributed by atoms with Crippen LogP contribution in [0.4, 0.5) is 0 Å². The first-order chi connectivity index (χ1) is 10.2. The van der Waals surface area contributed by atoms with Crippen LogP contribution in [0.2, 0.25) is 0 Å². The number of fused-ring (bicyclic) bond motifs is 5. The number of aryl methyl sites for hydroxylation is 1. The molecule has 104 valence electrons. The molecule has 1 atom stereocenters. The molecule has 1 aliphatic rings. The molecular weight excluding hydrogens is 256 g/mol. The van der Waals surface area contributed by atoms with Crippen molar-refractivity contribution in [2.45, 2.75) is 25.7 Å². The molecule has 0 N–H and O–H groups in total. The van der Waals surface area contributed by atoms with E-state index >= 15 is 0 Å². The van der Waals surface area contributed by atoms with Crippen molar-refractivity contribution in [3.05, 3.63) is 60.0 Å². The fraction of sp³-hybridized carbons (Fsp3) is 0.263. The largest absolute Gasteiger partial charge is 0.264 e. The molecule has 0 radical (unpaired) electrons. The highest BCUT2D eigenvalue weighted by molar-refractivity contribution is 5.98. The molecule has 0 saturated carbocycles. The second-order valence-corrected chi connectivity index (χ2v) is 6.15. The Labute approximate surface area is 125 Å². The first kappa shape index (κ1) is 12.5. The molecule has 0 amide bonds. The van der Waals surface area contributed by atoms with Gasteiger partial charge in [0, 0.05) is 35.0 Å². The van der Waals surface area contributed by atoms with Gasteiger partial charge in [0.25, 0.3) is 0 Å². The minimum absolute atomic E-state index is 0.0563. The molecule has 4 rings (SSSR count). The van der Waals surface area contributed by atoms with E-state index in [1.165, 1.54) is 33.2 Å². The zero-order valence-electron chi connectivity index (χ0n) is 12.7. The van der Waals surface area contributed by atoms with Gasteiger partial charge in [-0.3, -0.25) is 4.98 Å². The molecule has 0 fully saturated rings. The van der Waals surface area contributed by atoms with E-state index in [-0.39, 0.29) is 5.41 Å². The van der Waals surface area contributed by atoms with Crippen LogP contribution in [-0.2, 0) is 12.5 Å². The molecule has 2 nitrogen and oxygen atoms in total. The minimum atomic E-state index is 0.0563. The number of nitrogens with zero attached hydrogens (tertiary/aromatic N) is 2. The van der Waals surface area contributed by atoms with Crippen LogP contribution >= 0.6 is 0 Å². The standard InChI is InChI=1S/C19H19N2/c1-4-19(2)15-11-20-10-9-13(15)18-14-7-5-6-8-17(14)21(3)12-16(18)19/h5-12H,4H2,1-3H3/q+1. The molecule has 0 spiro atoms. The lowest BCUT2D eigenvalue weighted by molar-refractivity contribution is -0.645. The molecular formula is C19H19N2+. The van der Waals surface area contributed by atoms with Gasteiger partial charge in [0.15, 0.2) is 6.20 Å². The summed E-state index contributed by atoms with van der Waals surface area (Å²) in [5, 5.41) is 1.34. The lowest BCUT2D eigenvalue weighted by Gasteiger charge is -2.23. The highest BCUT2D eigenvalue weighted by atomic mass is 14.9. The van der Waals surface area contributed by atoms with Gasteiger partial charge < -0.3 is 0 Å². The van der Waals surface area contributed by atoms with Crippen LogP contribution in [0.3, 0.4) is 0 Å². The summed E-state index contributed by atoms with van der Waals surface area (Å²) in [6.45, 7) is 4.61. The van der Waals surface area contributed by atoms with Gasteiger partial charge in [0.1, 0.15) is 7.05 Å². The van der Waals surface area contributed by atoms with E-state index in [9.17, 15) is 0 Å². The van der Waals surface area contributed by atoms with Gasteiger partial charge in [0.2, 0.25) is 5.52 Å². The van der Waals surface area contributed by atoms with Crippen molar-refractivity contribution in [3.8, 4) is 11.1 Å². The first-order valence-electron chi connectivity index (χ1n) is 7.53. The van der Waals surface area contributed by atoms with Crippen LogP contribution in [0, 0.1) is 0 Å². The third-order valence-electron chi connectivity index (χ3n) is 5.13. The highest BCUT2D eigenvalue weighted by Crippen LogP contribution is 2.51. The summed E-state index contributed by atoms with van der Waals surface area (Å²) >= 11 is 0. The Morgan fingerprint density at radius 2 is 1.95 bits per heavy atom. The summed E-state index contributed by atoms with van der Waals surface area (Å²) in [5.74, 6) is 0. The van der Waals surface area contributed by atoms with Crippen molar-refractivity contribution in [2.75, 3.05) is 0 Å². The maximum Gasteiger partial charge on any atom is 0.212 e. The predicted molar refractivity (Wildman–Crippen MR) is 85.1 cm³/mol. The molecule has 1 aliphatic carbocycles. The van der Waals surface area contributed by atoms with E-state index < -0.39 is 0 Å². The van der Waals surface area contributed by atoms with Crippen molar-refractivity contribution in [3.63, 3.8) is 0 Å². The van der Waals surface area contributed by atoms with Crippen molar-refractivity contribution < 1.29 is 4.57 Å². The Morgan fingerprint density at radius 1 is 1.14 bits per heavy atom. The summed E-state index contributed by atoms with van der Waals surface area (Å²) in [4.78, 5) is 4.38. The summed E-state index contributed by atoms with van der Waals surface area (Å²) < 4.78 is 2.25. The zero-order chi connectivity index (χ0) is 14.6.